The van der Waals surface area contributed by atoms with Gasteiger partial charge in [0.1, 0.15) is 0 Å². The first kappa shape index (κ1) is 36.8. The van der Waals surface area contributed by atoms with Crippen LogP contribution >= 0.6 is 0 Å². The number of benzene rings is 10. The largest absolute Gasteiger partial charge is 0.310 e. The summed E-state index contributed by atoms with van der Waals surface area (Å²) in [7, 11) is 0. The number of anilines is 3. The van der Waals surface area contributed by atoms with E-state index in [0.29, 0.717) is 0 Å². The van der Waals surface area contributed by atoms with E-state index in [0.717, 1.165) is 23.5 Å². The fraction of sp³-hybridized carbons (Fsp3) is 0.0323. The van der Waals surface area contributed by atoms with E-state index in [1.807, 2.05) is 0 Å². The molecule has 0 aromatic heterocycles. The molecule has 296 valence electrons. The van der Waals surface area contributed by atoms with E-state index in [1.54, 1.807) is 0 Å². The van der Waals surface area contributed by atoms with Gasteiger partial charge in [-0.05, 0) is 120 Å². The highest BCUT2D eigenvalue weighted by Crippen LogP contribution is 2.63. The van der Waals surface area contributed by atoms with E-state index in [-0.39, 0.29) is 5.41 Å². The Kier molecular flexibility index (Phi) is 8.86. The maximum absolute atomic E-state index is 2.39. The fourth-order valence-corrected chi connectivity index (χ4v) is 10.6. The summed E-state index contributed by atoms with van der Waals surface area (Å²) in [5.74, 6) is 0. The Hall–Kier alpha value is -8.00. The third-order valence-electron chi connectivity index (χ3n) is 13.4. The molecule has 0 saturated heterocycles. The zero-order chi connectivity index (χ0) is 41.7. The number of hydrogen-bond donors (Lipinski definition) is 0. The van der Waals surface area contributed by atoms with E-state index < -0.39 is 0 Å². The molecule has 0 unspecified atom stereocenters. The summed E-state index contributed by atoms with van der Waals surface area (Å²) in [6.07, 6.45) is 0.855. The van der Waals surface area contributed by atoms with Crippen LogP contribution in [0.1, 0.15) is 33.4 Å². The van der Waals surface area contributed by atoms with Crippen molar-refractivity contribution in [1.82, 2.24) is 0 Å². The van der Waals surface area contributed by atoms with Gasteiger partial charge in [-0.15, -0.1) is 0 Å². The molecule has 12 rings (SSSR count). The van der Waals surface area contributed by atoms with Gasteiger partial charge in [-0.3, -0.25) is 0 Å². The first-order valence-electron chi connectivity index (χ1n) is 22.0. The molecule has 0 atom stereocenters. The van der Waals surface area contributed by atoms with Crippen molar-refractivity contribution < 1.29 is 0 Å². The molecule has 0 radical (unpaired) electrons. The molecule has 0 bridgehead atoms. The van der Waals surface area contributed by atoms with Gasteiger partial charge in [0, 0.05) is 16.9 Å². The van der Waals surface area contributed by atoms with Gasteiger partial charge < -0.3 is 4.90 Å². The van der Waals surface area contributed by atoms with Crippen LogP contribution in [0.4, 0.5) is 17.1 Å². The highest BCUT2D eigenvalue weighted by molar-refractivity contribution is 5.96. The van der Waals surface area contributed by atoms with Crippen LogP contribution in [-0.2, 0) is 11.8 Å². The van der Waals surface area contributed by atoms with Crippen LogP contribution in [0.25, 0.3) is 55.6 Å². The lowest BCUT2D eigenvalue weighted by Crippen LogP contribution is -2.25. The van der Waals surface area contributed by atoms with Gasteiger partial charge in [-0.1, -0.05) is 218 Å². The Balaban J connectivity index is 0.887. The Morgan fingerprint density at radius 2 is 0.778 bits per heavy atom. The van der Waals surface area contributed by atoms with Gasteiger partial charge in [0.2, 0.25) is 0 Å². The minimum absolute atomic E-state index is 0.324. The smallest absolute Gasteiger partial charge is 0.0725 e. The second kappa shape index (κ2) is 15.2. The average molecular weight is 802 g/mol. The maximum atomic E-state index is 2.39. The van der Waals surface area contributed by atoms with Crippen molar-refractivity contribution in [3.63, 3.8) is 0 Å². The van der Waals surface area contributed by atoms with Crippen LogP contribution < -0.4 is 4.90 Å². The van der Waals surface area contributed by atoms with E-state index in [2.05, 4.69) is 254 Å². The molecule has 0 aliphatic heterocycles. The summed E-state index contributed by atoms with van der Waals surface area (Å²) in [4.78, 5) is 2.39. The van der Waals surface area contributed by atoms with Crippen molar-refractivity contribution in [2.75, 3.05) is 4.90 Å². The van der Waals surface area contributed by atoms with Crippen LogP contribution in [0.3, 0.4) is 0 Å². The SMILES string of the molecule is c1ccc(-c2cccc(N(c3ccc(-c4ccc(Cc5cccc6c5-c5ccccc5C65c6ccccc6-c6ccccc65)cc4)cc3)c3ccccc3-c3ccccc3)c2)cc1. The van der Waals surface area contributed by atoms with Crippen LogP contribution in [0.2, 0.25) is 0 Å². The molecule has 0 heterocycles. The van der Waals surface area contributed by atoms with Crippen LogP contribution in [-0.4, -0.2) is 0 Å². The predicted molar refractivity (Wildman–Crippen MR) is 263 cm³/mol. The molecule has 10 aromatic rings. The first-order valence-corrected chi connectivity index (χ1v) is 22.0. The Bertz CT molecular complexity index is 3240. The molecular formula is C62H43N. The second-order valence-electron chi connectivity index (χ2n) is 16.8. The van der Waals surface area contributed by atoms with E-state index in [4.69, 9.17) is 0 Å². The van der Waals surface area contributed by atoms with Gasteiger partial charge in [0.15, 0.2) is 0 Å². The predicted octanol–water partition coefficient (Wildman–Crippen LogP) is 16.1. The average Bonchev–Trinajstić information content (AvgIpc) is 3.84. The number of hydrogen-bond acceptors (Lipinski definition) is 1. The third kappa shape index (κ3) is 6.00. The third-order valence-corrected chi connectivity index (χ3v) is 13.4. The van der Waals surface area contributed by atoms with Crippen molar-refractivity contribution in [1.29, 1.82) is 0 Å². The lowest BCUT2D eigenvalue weighted by Gasteiger charge is -2.30. The maximum Gasteiger partial charge on any atom is 0.0725 e. The van der Waals surface area contributed by atoms with Crippen molar-refractivity contribution in [2.24, 2.45) is 0 Å². The normalized spacial score (nSPS) is 12.6. The summed E-state index contributed by atoms with van der Waals surface area (Å²) in [5.41, 5.74) is 23.8. The van der Waals surface area contributed by atoms with Gasteiger partial charge in [0.25, 0.3) is 0 Å². The van der Waals surface area contributed by atoms with Gasteiger partial charge in [-0.25, -0.2) is 0 Å². The number of fused-ring (bicyclic) bond motifs is 10. The molecule has 10 aromatic carbocycles. The molecule has 2 aliphatic carbocycles. The number of rotatable bonds is 8. The second-order valence-corrected chi connectivity index (χ2v) is 16.8. The fourth-order valence-electron chi connectivity index (χ4n) is 10.6. The molecule has 63 heavy (non-hydrogen) atoms. The van der Waals surface area contributed by atoms with Gasteiger partial charge in [0.05, 0.1) is 11.1 Å². The number of nitrogens with zero attached hydrogens (tertiary/aromatic N) is 1. The highest BCUT2D eigenvalue weighted by Gasteiger charge is 2.51. The summed E-state index contributed by atoms with van der Waals surface area (Å²) in [5, 5.41) is 0. The van der Waals surface area contributed by atoms with Gasteiger partial charge >= 0.3 is 0 Å². The van der Waals surface area contributed by atoms with E-state index >= 15 is 0 Å². The Morgan fingerprint density at radius 3 is 1.44 bits per heavy atom. The quantitative estimate of drug-likeness (QED) is 0.148. The molecule has 0 amide bonds. The topological polar surface area (TPSA) is 3.24 Å². The first-order chi connectivity index (χ1) is 31.3. The lowest BCUT2D eigenvalue weighted by atomic mass is 9.70. The molecule has 0 saturated carbocycles. The standard InChI is InChI=1S/C62H43N/c1-3-17-44(18-4-1)48-21-15-23-51(42-48)63(60-32-14-10-24-52(60)47-19-5-2-6-20-47)50-39-37-46(38-40-50)45-35-33-43(34-36-45)41-49-22-16-31-59-61(49)55-27-9-13-30-58(55)62(59)56-28-11-7-25-53(56)54-26-8-12-29-57(54)62/h1-40,42H,41H2. The summed E-state index contributed by atoms with van der Waals surface area (Å²) in [6.45, 7) is 0. The van der Waals surface area contributed by atoms with Crippen LogP contribution in [0.5, 0.6) is 0 Å². The summed E-state index contributed by atoms with van der Waals surface area (Å²) >= 11 is 0. The lowest BCUT2D eigenvalue weighted by molar-refractivity contribution is 0.793. The molecule has 1 heteroatoms. The minimum atomic E-state index is -0.324. The Morgan fingerprint density at radius 1 is 0.302 bits per heavy atom. The molecule has 1 spiro atoms. The van der Waals surface area contributed by atoms with Crippen LogP contribution in [0, 0.1) is 0 Å². The van der Waals surface area contributed by atoms with Crippen molar-refractivity contribution in [2.45, 2.75) is 11.8 Å². The molecule has 1 nitrogen and oxygen atoms in total. The zero-order valence-corrected chi connectivity index (χ0v) is 34.8. The van der Waals surface area contributed by atoms with E-state index in [1.165, 1.54) is 89.0 Å². The summed E-state index contributed by atoms with van der Waals surface area (Å²) in [6, 6.07) is 91.4. The van der Waals surface area contributed by atoms with Crippen molar-refractivity contribution in [3.05, 3.63) is 282 Å². The molecule has 0 N–H and O–H groups in total. The highest BCUT2D eigenvalue weighted by atomic mass is 15.1. The van der Waals surface area contributed by atoms with Crippen molar-refractivity contribution >= 4 is 17.1 Å². The van der Waals surface area contributed by atoms with Gasteiger partial charge in [-0.2, -0.15) is 0 Å². The summed E-state index contributed by atoms with van der Waals surface area (Å²) < 4.78 is 0. The zero-order valence-electron chi connectivity index (χ0n) is 34.8. The monoisotopic (exact) mass is 801 g/mol. The molecule has 2 aliphatic rings. The molecule has 0 fully saturated rings. The Labute approximate surface area is 369 Å². The number of para-hydroxylation sites is 1. The van der Waals surface area contributed by atoms with Crippen molar-refractivity contribution in [3.8, 4) is 55.6 Å². The van der Waals surface area contributed by atoms with Crippen LogP contribution in [0.15, 0.2) is 249 Å². The van der Waals surface area contributed by atoms with E-state index in [9.17, 15) is 0 Å². The molecular weight excluding hydrogens is 759 g/mol. The minimum Gasteiger partial charge on any atom is -0.310 e.